The van der Waals surface area contributed by atoms with E-state index in [2.05, 4.69) is 12.1 Å². The number of allylic oxidation sites excluding steroid dienone is 1. The largest absolute Gasteiger partial charge is 0.293 e. The topological polar surface area (TPSA) is 40.9 Å². The van der Waals surface area contributed by atoms with Crippen molar-refractivity contribution in [2.24, 2.45) is 5.41 Å². The lowest BCUT2D eigenvalue weighted by Gasteiger charge is -2.15. The van der Waals surface area contributed by atoms with Crippen LogP contribution in [0.5, 0.6) is 0 Å². The standard InChI is InChI=1S/C20H19NO/c1-20(2,3)19(22)18(14-21)13-15-9-11-17(12-10-15)16-7-5-4-6-8-16/h4-13H,1-3H3/b18-13+. The molecule has 0 amide bonds. The van der Waals surface area contributed by atoms with Gasteiger partial charge in [0.15, 0.2) is 5.78 Å². The maximum atomic E-state index is 12.2. The van der Waals surface area contributed by atoms with Gasteiger partial charge in [0, 0.05) is 5.41 Å². The van der Waals surface area contributed by atoms with E-state index in [-0.39, 0.29) is 11.4 Å². The van der Waals surface area contributed by atoms with Crippen LogP contribution in [0.3, 0.4) is 0 Å². The van der Waals surface area contributed by atoms with Gasteiger partial charge in [0.25, 0.3) is 0 Å². The number of rotatable bonds is 3. The Labute approximate surface area is 131 Å². The van der Waals surface area contributed by atoms with Crippen LogP contribution in [-0.2, 0) is 4.79 Å². The van der Waals surface area contributed by atoms with Gasteiger partial charge >= 0.3 is 0 Å². The fourth-order valence-electron chi connectivity index (χ4n) is 2.12. The first-order chi connectivity index (χ1) is 10.4. The van der Waals surface area contributed by atoms with Crippen LogP contribution in [0.2, 0.25) is 0 Å². The fourth-order valence-corrected chi connectivity index (χ4v) is 2.12. The summed E-state index contributed by atoms with van der Waals surface area (Å²) in [6, 6.07) is 19.9. The van der Waals surface area contributed by atoms with Crippen molar-refractivity contribution in [2.45, 2.75) is 20.8 Å². The molecule has 0 unspecified atom stereocenters. The van der Waals surface area contributed by atoms with Crippen molar-refractivity contribution in [1.29, 1.82) is 5.26 Å². The first kappa shape index (κ1) is 15.7. The number of ketones is 1. The SMILES string of the molecule is CC(C)(C)C(=O)/C(C#N)=C/c1ccc(-c2ccccc2)cc1. The molecule has 0 aliphatic heterocycles. The van der Waals surface area contributed by atoms with E-state index >= 15 is 0 Å². The molecule has 0 N–H and O–H groups in total. The number of Topliss-reactive ketones (excluding diaryl/α,β-unsaturated/α-hetero) is 1. The van der Waals surface area contributed by atoms with E-state index < -0.39 is 5.41 Å². The number of hydrogen-bond acceptors (Lipinski definition) is 2. The van der Waals surface area contributed by atoms with Gasteiger partial charge in [-0.25, -0.2) is 0 Å². The molecule has 0 saturated carbocycles. The Balaban J connectivity index is 2.29. The van der Waals surface area contributed by atoms with Crippen molar-refractivity contribution in [1.82, 2.24) is 0 Å². The highest BCUT2D eigenvalue weighted by molar-refractivity contribution is 6.06. The molecule has 2 rings (SSSR count). The fraction of sp³-hybridized carbons (Fsp3) is 0.200. The Morgan fingerprint density at radius 2 is 1.50 bits per heavy atom. The van der Waals surface area contributed by atoms with Crippen LogP contribution in [0.1, 0.15) is 26.3 Å². The summed E-state index contributed by atoms with van der Waals surface area (Å²) in [4.78, 5) is 12.2. The van der Waals surface area contributed by atoms with E-state index in [1.807, 2.05) is 69.3 Å². The third-order valence-electron chi connectivity index (χ3n) is 3.38. The number of benzene rings is 2. The third kappa shape index (κ3) is 3.71. The summed E-state index contributed by atoms with van der Waals surface area (Å²) in [7, 11) is 0. The van der Waals surface area contributed by atoms with Crippen LogP contribution >= 0.6 is 0 Å². The predicted octanol–water partition coefficient (Wildman–Crippen LogP) is 4.88. The molecular weight excluding hydrogens is 270 g/mol. The third-order valence-corrected chi connectivity index (χ3v) is 3.38. The van der Waals surface area contributed by atoms with E-state index in [1.165, 1.54) is 0 Å². The molecule has 0 aromatic heterocycles. The van der Waals surface area contributed by atoms with Gasteiger partial charge < -0.3 is 0 Å². The van der Waals surface area contributed by atoms with E-state index in [9.17, 15) is 10.1 Å². The van der Waals surface area contributed by atoms with Crippen LogP contribution < -0.4 is 0 Å². The Morgan fingerprint density at radius 1 is 0.955 bits per heavy atom. The minimum absolute atomic E-state index is 0.137. The lowest BCUT2D eigenvalue weighted by molar-refractivity contribution is -0.121. The minimum Gasteiger partial charge on any atom is -0.293 e. The molecule has 0 fully saturated rings. The first-order valence-electron chi connectivity index (χ1n) is 7.24. The monoisotopic (exact) mass is 289 g/mol. The second-order valence-corrected chi connectivity index (χ2v) is 6.24. The zero-order valence-corrected chi connectivity index (χ0v) is 13.1. The van der Waals surface area contributed by atoms with Crippen molar-refractivity contribution in [2.75, 3.05) is 0 Å². The van der Waals surface area contributed by atoms with Crippen molar-refractivity contribution < 1.29 is 4.79 Å². The van der Waals surface area contributed by atoms with Crippen molar-refractivity contribution in [3.63, 3.8) is 0 Å². The van der Waals surface area contributed by atoms with Gasteiger partial charge in [-0.05, 0) is 22.8 Å². The zero-order chi connectivity index (χ0) is 16.2. The molecule has 0 bridgehead atoms. The van der Waals surface area contributed by atoms with E-state index in [0.29, 0.717) is 0 Å². The second-order valence-electron chi connectivity index (χ2n) is 6.24. The summed E-state index contributed by atoms with van der Waals surface area (Å²) < 4.78 is 0. The quantitative estimate of drug-likeness (QED) is 0.597. The Kier molecular flexibility index (Phi) is 4.58. The summed E-state index contributed by atoms with van der Waals surface area (Å²) in [6.45, 7) is 5.46. The molecule has 0 saturated heterocycles. The summed E-state index contributed by atoms with van der Waals surface area (Å²) >= 11 is 0. The minimum atomic E-state index is -0.550. The molecule has 0 aliphatic rings. The summed E-state index contributed by atoms with van der Waals surface area (Å²) in [5.41, 5.74) is 2.75. The normalized spacial score (nSPS) is 11.8. The van der Waals surface area contributed by atoms with Crippen molar-refractivity contribution in [3.05, 3.63) is 65.7 Å². The zero-order valence-electron chi connectivity index (χ0n) is 13.1. The summed E-state index contributed by atoms with van der Waals surface area (Å²) in [5, 5.41) is 9.21. The molecule has 110 valence electrons. The number of carbonyl (C=O) groups excluding carboxylic acids is 1. The molecule has 2 nitrogen and oxygen atoms in total. The van der Waals surface area contributed by atoms with Gasteiger partial charge in [-0.15, -0.1) is 0 Å². The second kappa shape index (κ2) is 6.41. The molecule has 0 atom stereocenters. The van der Waals surface area contributed by atoms with E-state index in [4.69, 9.17) is 0 Å². The Hall–Kier alpha value is -2.66. The highest BCUT2D eigenvalue weighted by Gasteiger charge is 2.24. The maximum Gasteiger partial charge on any atom is 0.178 e. The molecule has 2 aromatic rings. The van der Waals surface area contributed by atoms with Gasteiger partial charge in [0.2, 0.25) is 0 Å². The lowest BCUT2D eigenvalue weighted by Crippen LogP contribution is -2.21. The van der Waals surface area contributed by atoms with Gasteiger partial charge in [0.05, 0.1) is 5.57 Å². The number of nitrogens with zero attached hydrogens (tertiary/aromatic N) is 1. The lowest BCUT2D eigenvalue weighted by atomic mass is 9.86. The molecule has 22 heavy (non-hydrogen) atoms. The molecule has 0 aliphatic carbocycles. The highest BCUT2D eigenvalue weighted by atomic mass is 16.1. The molecule has 0 radical (unpaired) electrons. The number of nitriles is 1. The van der Waals surface area contributed by atoms with Crippen molar-refractivity contribution >= 4 is 11.9 Å². The molecule has 0 spiro atoms. The van der Waals surface area contributed by atoms with Gasteiger partial charge in [-0.3, -0.25) is 4.79 Å². The molecule has 0 heterocycles. The molecule has 2 heteroatoms. The predicted molar refractivity (Wildman–Crippen MR) is 89.9 cm³/mol. The highest BCUT2D eigenvalue weighted by Crippen LogP contribution is 2.23. The smallest absolute Gasteiger partial charge is 0.178 e. The average Bonchev–Trinajstić information content (AvgIpc) is 2.52. The average molecular weight is 289 g/mol. The summed E-state index contributed by atoms with van der Waals surface area (Å²) in [5.74, 6) is -0.137. The number of hydrogen-bond donors (Lipinski definition) is 0. The molecule has 2 aromatic carbocycles. The van der Waals surface area contributed by atoms with E-state index in [1.54, 1.807) is 6.08 Å². The van der Waals surface area contributed by atoms with Gasteiger partial charge in [-0.1, -0.05) is 75.4 Å². The van der Waals surface area contributed by atoms with Crippen LogP contribution in [0, 0.1) is 16.7 Å². The van der Waals surface area contributed by atoms with Crippen LogP contribution in [0.4, 0.5) is 0 Å². The maximum absolute atomic E-state index is 12.2. The Bertz CT molecular complexity index is 726. The van der Waals surface area contributed by atoms with Crippen LogP contribution in [-0.4, -0.2) is 5.78 Å². The number of carbonyl (C=O) groups is 1. The summed E-state index contributed by atoms with van der Waals surface area (Å²) in [6.07, 6.45) is 1.66. The van der Waals surface area contributed by atoms with Gasteiger partial charge in [-0.2, -0.15) is 5.26 Å². The first-order valence-corrected chi connectivity index (χ1v) is 7.24. The van der Waals surface area contributed by atoms with Crippen molar-refractivity contribution in [3.8, 4) is 17.2 Å². The van der Waals surface area contributed by atoms with Gasteiger partial charge in [0.1, 0.15) is 6.07 Å². The molecular formula is C20H19NO. The Morgan fingerprint density at radius 3 is 2.00 bits per heavy atom. The van der Waals surface area contributed by atoms with E-state index in [0.717, 1.165) is 16.7 Å². The van der Waals surface area contributed by atoms with Crippen LogP contribution in [0.25, 0.3) is 17.2 Å². The van der Waals surface area contributed by atoms with Crippen LogP contribution in [0.15, 0.2) is 60.2 Å².